The fourth-order valence-electron chi connectivity index (χ4n) is 5.08. The van der Waals surface area contributed by atoms with E-state index in [1.807, 2.05) is 45.3 Å². The van der Waals surface area contributed by atoms with Crippen LogP contribution in [-0.2, 0) is 6.54 Å². The van der Waals surface area contributed by atoms with Crippen molar-refractivity contribution in [3.05, 3.63) is 77.5 Å². The number of anilines is 1. The van der Waals surface area contributed by atoms with Gasteiger partial charge in [0.2, 0.25) is 5.95 Å². The molecule has 36 heavy (non-hydrogen) atoms. The molecule has 2 aromatic heterocycles. The number of nitrogens with one attached hydrogen (secondary N) is 1. The zero-order valence-electron chi connectivity index (χ0n) is 21.1. The minimum absolute atomic E-state index is 0.184. The van der Waals surface area contributed by atoms with Crippen LogP contribution in [0.2, 0.25) is 0 Å². The second-order valence-electron chi connectivity index (χ2n) is 10.1. The lowest BCUT2D eigenvalue weighted by atomic mass is 9.93. The first-order chi connectivity index (χ1) is 17.4. The maximum atomic E-state index is 13.4. The first kappa shape index (κ1) is 24.2. The first-order valence-corrected chi connectivity index (χ1v) is 12.6. The summed E-state index contributed by atoms with van der Waals surface area (Å²) in [5, 5.41) is 13.1. The summed E-state index contributed by atoms with van der Waals surface area (Å²) in [4.78, 5) is 24.8. The topological polar surface area (TPSA) is 83.3 Å². The van der Waals surface area contributed by atoms with Crippen molar-refractivity contribution in [3.63, 3.8) is 0 Å². The Hall–Kier alpha value is -3.55. The fraction of sp³-hybridized carbons (Fsp3) is 0.345. The van der Waals surface area contributed by atoms with Crippen LogP contribution < -0.4 is 5.32 Å². The van der Waals surface area contributed by atoms with E-state index >= 15 is 0 Å². The van der Waals surface area contributed by atoms with Crippen molar-refractivity contribution in [2.75, 3.05) is 19.4 Å². The molecule has 0 radical (unpaired) electrons. The Morgan fingerprint density at radius 1 is 1.08 bits per heavy atom. The van der Waals surface area contributed by atoms with E-state index in [0.29, 0.717) is 11.5 Å². The van der Waals surface area contributed by atoms with Crippen LogP contribution in [0.15, 0.2) is 60.8 Å². The smallest absolute Gasteiger partial charge is 0.258 e. The van der Waals surface area contributed by atoms with Gasteiger partial charge in [-0.3, -0.25) is 15.1 Å². The lowest BCUT2D eigenvalue weighted by Crippen LogP contribution is -2.23. The van der Waals surface area contributed by atoms with Crippen molar-refractivity contribution >= 4 is 22.9 Å². The van der Waals surface area contributed by atoms with Gasteiger partial charge in [-0.15, -0.1) is 0 Å². The van der Waals surface area contributed by atoms with Crippen molar-refractivity contribution in [3.8, 4) is 11.3 Å². The molecule has 4 aromatic rings. The Morgan fingerprint density at radius 2 is 1.89 bits per heavy atom. The molecule has 2 aromatic carbocycles. The summed E-state index contributed by atoms with van der Waals surface area (Å²) in [5.41, 5.74) is 6.46. The van der Waals surface area contributed by atoms with Gasteiger partial charge in [0.15, 0.2) is 0 Å². The lowest BCUT2D eigenvalue weighted by Gasteiger charge is -2.28. The standard InChI is InChI=1S/C29H33N5O2/c1-19-7-12-27-26(15-19)31-29(34(27)23-8-10-24(35)11-9-23)32-28(36)22-13-14-30-25(17-22)21-6-4-5-20(16-21)18-33(2)3/h4-7,12-17,23-24,35H,8-11,18H2,1-3H3,(H,31,32,36). The number of aliphatic hydroxyl groups excluding tert-OH is 1. The number of imidazole rings is 1. The maximum absolute atomic E-state index is 13.4. The van der Waals surface area contributed by atoms with Crippen LogP contribution in [-0.4, -0.2) is 50.6 Å². The van der Waals surface area contributed by atoms with E-state index in [-0.39, 0.29) is 18.1 Å². The van der Waals surface area contributed by atoms with Crippen LogP contribution in [0.5, 0.6) is 0 Å². The van der Waals surface area contributed by atoms with E-state index in [9.17, 15) is 9.90 Å². The van der Waals surface area contributed by atoms with Crippen molar-refractivity contribution in [1.82, 2.24) is 19.4 Å². The summed E-state index contributed by atoms with van der Waals surface area (Å²) in [6.07, 6.45) is 4.65. The molecule has 0 aliphatic heterocycles. The van der Waals surface area contributed by atoms with Crippen molar-refractivity contribution in [2.24, 2.45) is 0 Å². The second-order valence-corrected chi connectivity index (χ2v) is 10.1. The number of carbonyl (C=O) groups is 1. The number of rotatable bonds is 6. The van der Waals surface area contributed by atoms with Crippen LogP contribution in [0.3, 0.4) is 0 Å². The van der Waals surface area contributed by atoms with Crippen LogP contribution >= 0.6 is 0 Å². The highest BCUT2D eigenvalue weighted by Gasteiger charge is 2.26. The lowest BCUT2D eigenvalue weighted by molar-refractivity contribution is 0.102. The quantitative estimate of drug-likeness (QED) is 0.394. The molecular weight excluding hydrogens is 450 g/mol. The summed E-state index contributed by atoms with van der Waals surface area (Å²) in [7, 11) is 4.08. The molecule has 0 unspecified atom stereocenters. The number of pyridine rings is 1. The number of benzene rings is 2. The number of amides is 1. The Balaban J connectivity index is 1.44. The van der Waals surface area contributed by atoms with Gasteiger partial charge in [0.25, 0.3) is 5.91 Å². The van der Waals surface area contributed by atoms with Gasteiger partial charge in [0.1, 0.15) is 0 Å². The zero-order chi connectivity index (χ0) is 25.2. The van der Waals surface area contributed by atoms with E-state index in [4.69, 9.17) is 4.98 Å². The third kappa shape index (κ3) is 5.17. The Bertz CT molecular complexity index is 1390. The van der Waals surface area contributed by atoms with Crippen LogP contribution in [0.1, 0.15) is 53.2 Å². The molecule has 1 amide bonds. The number of aryl methyl sites for hydroxylation is 1. The summed E-state index contributed by atoms with van der Waals surface area (Å²) >= 11 is 0. The molecule has 0 bridgehead atoms. The van der Waals surface area contributed by atoms with E-state index in [0.717, 1.165) is 60.1 Å². The number of nitrogens with zero attached hydrogens (tertiary/aromatic N) is 4. The highest BCUT2D eigenvalue weighted by Crippen LogP contribution is 2.35. The largest absolute Gasteiger partial charge is 0.393 e. The number of aromatic nitrogens is 3. The van der Waals surface area contributed by atoms with Gasteiger partial charge in [-0.25, -0.2) is 4.98 Å². The average molecular weight is 484 g/mol. The molecule has 2 N–H and O–H groups in total. The summed E-state index contributed by atoms with van der Waals surface area (Å²) in [6, 6.07) is 18.2. The molecule has 186 valence electrons. The Labute approximate surface area is 211 Å². The molecule has 1 aliphatic rings. The average Bonchev–Trinajstić information content (AvgIpc) is 3.21. The van der Waals surface area contributed by atoms with Crippen molar-refractivity contribution < 1.29 is 9.90 Å². The predicted molar refractivity (Wildman–Crippen MR) is 143 cm³/mol. The fourth-order valence-corrected chi connectivity index (χ4v) is 5.08. The van der Waals surface area contributed by atoms with Gasteiger partial charge in [0.05, 0.1) is 22.8 Å². The highest BCUT2D eigenvalue weighted by molar-refractivity contribution is 6.04. The van der Waals surface area contributed by atoms with Gasteiger partial charge in [-0.1, -0.05) is 24.3 Å². The summed E-state index contributed by atoms with van der Waals surface area (Å²) < 4.78 is 2.14. The third-order valence-electron chi connectivity index (χ3n) is 6.85. The maximum Gasteiger partial charge on any atom is 0.258 e. The van der Waals surface area contributed by atoms with Crippen molar-refractivity contribution in [2.45, 2.75) is 51.3 Å². The zero-order valence-corrected chi connectivity index (χ0v) is 21.1. The summed E-state index contributed by atoms with van der Waals surface area (Å²) in [5.74, 6) is 0.334. The summed E-state index contributed by atoms with van der Waals surface area (Å²) in [6.45, 7) is 2.88. The van der Waals surface area contributed by atoms with Gasteiger partial charge < -0.3 is 14.6 Å². The minimum Gasteiger partial charge on any atom is -0.393 e. The molecule has 1 saturated carbocycles. The molecular formula is C29H33N5O2. The highest BCUT2D eigenvalue weighted by atomic mass is 16.3. The van der Waals surface area contributed by atoms with E-state index in [2.05, 4.69) is 44.0 Å². The predicted octanol–water partition coefficient (Wildman–Crippen LogP) is 5.20. The van der Waals surface area contributed by atoms with E-state index in [1.165, 1.54) is 5.56 Å². The molecule has 7 nitrogen and oxygen atoms in total. The normalized spacial score (nSPS) is 18.0. The van der Waals surface area contributed by atoms with Gasteiger partial charge in [-0.2, -0.15) is 0 Å². The number of fused-ring (bicyclic) bond motifs is 1. The molecule has 1 fully saturated rings. The van der Waals surface area contributed by atoms with Crippen LogP contribution in [0.25, 0.3) is 22.3 Å². The minimum atomic E-state index is -0.247. The molecule has 0 spiro atoms. The Kier molecular flexibility index (Phi) is 6.85. The monoisotopic (exact) mass is 483 g/mol. The van der Waals surface area contributed by atoms with Crippen molar-refractivity contribution in [1.29, 1.82) is 0 Å². The number of aliphatic hydroxyl groups is 1. The van der Waals surface area contributed by atoms with Crippen LogP contribution in [0, 0.1) is 6.92 Å². The van der Waals surface area contributed by atoms with E-state index < -0.39 is 0 Å². The number of carbonyl (C=O) groups excluding carboxylic acids is 1. The molecule has 7 heteroatoms. The second kappa shape index (κ2) is 10.2. The van der Waals surface area contributed by atoms with Gasteiger partial charge >= 0.3 is 0 Å². The molecule has 2 heterocycles. The van der Waals surface area contributed by atoms with Gasteiger partial charge in [-0.05, 0) is 88.2 Å². The molecule has 0 saturated heterocycles. The number of hydrogen-bond donors (Lipinski definition) is 2. The first-order valence-electron chi connectivity index (χ1n) is 12.6. The number of hydrogen-bond acceptors (Lipinski definition) is 5. The third-order valence-corrected chi connectivity index (χ3v) is 6.85. The van der Waals surface area contributed by atoms with Gasteiger partial charge in [0, 0.05) is 29.9 Å². The van der Waals surface area contributed by atoms with Crippen LogP contribution in [0.4, 0.5) is 5.95 Å². The van der Waals surface area contributed by atoms with E-state index in [1.54, 1.807) is 12.3 Å². The SMILES string of the molecule is Cc1ccc2c(c1)nc(NC(=O)c1ccnc(-c3cccc(CN(C)C)c3)c1)n2C1CCC(O)CC1. The molecule has 1 aliphatic carbocycles. The molecule has 5 rings (SSSR count). The Morgan fingerprint density at radius 3 is 2.67 bits per heavy atom. The molecule has 0 atom stereocenters.